The Hall–Kier alpha value is -4.03. The van der Waals surface area contributed by atoms with E-state index in [1.54, 1.807) is 39.0 Å². The predicted octanol–water partition coefficient (Wildman–Crippen LogP) is 3.07. The molecule has 0 saturated carbocycles. The van der Waals surface area contributed by atoms with E-state index in [1.807, 2.05) is 0 Å². The molecule has 38 heavy (non-hydrogen) atoms. The first-order valence-corrected chi connectivity index (χ1v) is 13.2. The van der Waals surface area contributed by atoms with E-state index in [1.165, 1.54) is 34.9 Å². The van der Waals surface area contributed by atoms with Crippen LogP contribution >= 0.6 is 23.1 Å². The summed E-state index contributed by atoms with van der Waals surface area (Å²) < 4.78 is 26.5. The number of aryl methyl sites for hydroxylation is 1. The van der Waals surface area contributed by atoms with Crippen LogP contribution in [-0.4, -0.2) is 27.1 Å². The third-order valence-corrected chi connectivity index (χ3v) is 7.41. The lowest BCUT2D eigenvalue weighted by Gasteiger charge is -2.24. The van der Waals surface area contributed by atoms with Crippen molar-refractivity contribution in [2.75, 3.05) is 6.61 Å². The number of nitrogens with one attached hydrogen (secondary N) is 1. The van der Waals surface area contributed by atoms with Gasteiger partial charge in [-0.15, -0.1) is 0 Å². The molecule has 1 aliphatic heterocycles. The molecular weight excluding hydrogens is 531 g/mol. The highest BCUT2D eigenvalue weighted by molar-refractivity contribution is 7.99. The van der Waals surface area contributed by atoms with Crippen LogP contribution in [0.25, 0.3) is 6.08 Å². The first kappa shape index (κ1) is 25.6. The van der Waals surface area contributed by atoms with Crippen molar-refractivity contribution in [1.29, 1.82) is 0 Å². The molecule has 194 valence electrons. The van der Waals surface area contributed by atoms with Crippen molar-refractivity contribution < 1.29 is 18.3 Å². The Labute approximate surface area is 223 Å². The lowest BCUT2D eigenvalue weighted by Crippen LogP contribution is -2.39. The molecule has 0 bridgehead atoms. The van der Waals surface area contributed by atoms with E-state index in [2.05, 4.69) is 15.0 Å². The standard InChI is InChI=1S/C26H21FN4O5S2/c1-4-35-24(34)21-14(3)29-26-31(22(21)15-5-7-16(27)8-6-15)23(33)18(37-26)12-17-9-10-20(36-17)38-25-28-13(2)11-19(32)30-25/h5-12,22H,4H2,1-3H3,(H,28,30,32)/b18-12+/t22-/m1/s1. The molecule has 4 aromatic rings. The number of rotatable bonds is 6. The molecule has 0 aliphatic carbocycles. The predicted molar refractivity (Wildman–Crippen MR) is 139 cm³/mol. The lowest BCUT2D eigenvalue weighted by molar-refractivity contribution is -0.139. The number of furan rings is 1. The average molecular weight is 553 g/mol. The van der Waals surface area contributed by atoms with E-state index in [0.29, 0.717) is 42.3 Å². The van der Waals surface area contributed by atoms with Crippen molar-refractivity contribution in [2.45, 2.75) is 37.1 Å². The minimum atomic E-state index is -0.833. The van der Waals surface area contributed by atoms with E-state index in [4.69, 9.17) is 9.15 Å². The maximum absolute atomic E-state index is 13.7. The number of aromatic nitrogens is 3. The Balaban J connectivity index is 1.57. The highest BCUT2D eigenvalue weighted by atomic mass is 32.2. The molecule has 9 nitrogen and oxygen atoms in total. The molecule has 0 radical (unpaired) electrons. The van der Waals surface area contributed by atoms with Gasteiger partial charge in [-0.05, 0) is 62.4 Å². The van der Waals surface area contributed by atoms with Gasteiger partial charge in [0.05, 0.1) is 28.5 Å². The maximum atomic E-state index is 13.7. The molecule has 0 spiro atoms. The largest absolute Gasteiger partial charge is 0.463 e. The monoisotopic (exact) mass is 552 g/mol. The van der Waals surface area contributed by atoms with E-state index < -0.39 is 17.8 Å². The second-order valence-electron chi connectivity index (χ2n) is 8.30. The Bertz CT molecular complexity index is 1820. The molecule has 3 aromatic heterocycles. The average Bonchev–Trinajstić information content (AvgIpc) is 3.41. The smallest absolute Gasteiger partial charge is 0.338 e. The van der Waals surface area contributed by atoms with Gasteiger partial charge < -0.3 is 14.1 Å². The van der Waals surface area contributed by atoms with Gasteiger partial charge in [-0.3, -0.25) is 14.2 Å². The summed E-state index contributed by atoms with van der Waals surface area (Å²) in [5, 5.41) is 0.860. The van der Waals surface area contributed by atoms with Gasteiger partial charge in [0.15, 0.2) is 15.1 Å². The number of nitrogens with zero attached hydrogens (tertiary/aromatic N) is 3. The fourth-order valence-corrected chi connectivity index (χ4v) is 5.88. The fraction of sp³-hybridized carbons (Fsp3) is 0.192. The zero-order chi connectivity index (χ0) is 27.0. The van der Waals surface area contributed by atoms with Crippen LogP contribution in [0, 0.1) is 12.7 Å². The molecule has 0 saturated heterocycles. The van der Waals surface area contributed by atoms with E-state index in [9.17, 15) is 18.8 Å². The number of carbonyl (C=O) groups is 1. The number of fused-ring (bicyclic) bond motifs is 1. The number of H-pyrrole nitrogens is 1. The first-order chi connectivity index (χ1) is 18.2. The Morgan fingerprint density at radius 1 is 1.24 bits per heavy atom. The van der Waals surface area contributed by atoms with Gasteiger partial charge >= 0.3 is 5.97 Å². The van der Waals surface area contributed by atoms with E-state index in [-0.39, 0.29) is 23.3 Å². The minimum absolute atomic E-state index is 0.154. The summed E-state index contributed by atoms with van der Waals surface area (Å²) in [6.45, 7) is 5.25. The number of hydrogen-bond acceptors (Lipinski definition) is 9. The zero-order valence-corrected chi connectivity index (χ0v) is 22.1. The minimum Gasteiger partial charge on any atom is -0.463 e. The number of carbonyl (C=O) groups excluding carboxylic acids is 1. The number of thiazole rings is 1. The second kappa shape index (κ2) is 10.4. The zero-order valence-electron chi connectivity index (χ0n) is 20.5. The molecule has 0 unspecified atom stereocenters. The van der Waals surface area contributed by atoms with Crippen molar-refractivity contribution in [3.8, 4) is 0 Å². The summed E-state index contributed by atoms with van der Waals surface area (Å²) in [4.78, 5) is 50.0. The number of ether oxygens (including phenoxy) is 1. The normalized spacial score (nSPS) is 15.4. The molecule has 12 heteroatoms. The number of esters is 1. The molecule has 4 heterocycles. The van der Waals surface area contributed by atoms with E-state index >= 15 is 0 Å². The Morgan fingerprint density at radius 2 is 2.00 bits per heavy atom. The van der Waals surface area contributed by atoms with Gasteiger partial charge in [-0.2, -0.15) is 0 Å². The highest BCUT2D eigenvalue weighted by Gasteiger charge is 2.33. The van der Waals surface area contributed by atoms with Crippen molar-refractivity contribution >= 4 is 35.1 Å². The molecule has 0 fully saturated rings. The number of hydrogen-bond donors (Lipinski definition) is 1. The summed E-state index contributed by atoms with van der Waals surface area (Å²) in [7, 11) is 0. The van der Waals surface area contributed by atoms with Crippen molar-refractivity contribution in [1.82, 2.24) is 14.5 Å². The summed E-state index contributed by atoms with van der Waals surface area (Å²) >= 11 is 2.29. The van der Waals surface area contributed by atoms with Crippen molar-refractivity contribution in [3.05, 3.63) is 107 Å². The molecular formula is C26H21FN4O5S2. The summed E-state index contributed by atoms with van der Waals surface area (Å²) in [5.41, 5.74) is 1.12. The Kier molecular flexibility index (Phi) is 7.00. The van der Waals surface area contributed by atoms with Crippen molar-refractivity contribution in [3.63, 3.8) is 0 Å². The van der Waals surface area contributed by atoms with Gasteiger partial charge in [0.2, 0.25) is 0 Å². The van der Waals surface area contributed by atoms with Crippen LogP contribution in [0.5, 0.6) is 0 Å². The number of aromatic amines is 1. The van der Waals surface area contributed by atoms with Crippen LogP contribution in [0.4, 0.5) is 4.39 Å². The maximum Gasteiger partial charge on any atom is 0.338 e. The van der Waals surface area contributed by atoms with Gasteiger partial charge in [0.1, 0.15) is 11.6 Å². The fourth-order valence-electron chi connectivity index (χ4n) is 4.04. The van der Waals surface area contributed by atoms with Gasteiger partial charge in [-0.1, -0.05) is 23.5 Å². The third kappa shape index (κ3) is 5.04. The summed E-state index contributed by atoms with van der Waals surface area (Å²) in [6, 6.07) is 9.60. The van der Waals surface area contributed by atoms with Crippen molar-refractivity contribution in [2.24, 2.45) is 4.99 Å². The molecule has 1 atom stereocenters. The SMILES string of the molecule is CCOC(=O)C1=C(C)N=c2s/c(=C/c3ccc(Sc4nc(C)cc(=O)[nH]4)o3)c(=O)n2[C@@H]1c1ccc(F)cc1. The second-order valence-corrected chi connectivity index (χ2v) is 10.3. The molecule has 1 N–H and O–H groups in total. The highest BCUT2D eigenvalue weighted by Crippen LogP contribution is 2.31. The summed E-state index contributed by atoms with van der Waals surface area (Å²) in [6.07, 6.45) is 1.59. The number of benzene rings is 1. The van der Waals surface area contributed by atoms with Crippen LogP contribution in [0.3, 0.4) is 0 Å². The van der Waals surface area contributed by atoms with Gasteiger partial charge in [-0.25, -0.2) is 19.2 Å². The third-order valence-electron chi connectivity index (χ3n) is 5.62. The van der Waals surface area contributed by atoms with Gasteiger partial charge in [0, 0.05) is 17.8 Å². The lowest BCUT2D eigenvalue weighted by atomic mass is 9.96. The molecule has 5 rings (SSSR count). The van der Waals surface area contributed by atoms with Gasteiger partial charge in [0.25, 0.3) is 11.1 Å². The quantitative estimate of drug-likeness (QED) is 0.288. The van der Waals surface area contributed by atoms with Crippen LogP contribution in [-0.2, 0) is 9.53 Å². The Morgan fingerprint density at radius 3 is 2.71 bits per heavy atom. The molecule has 1 aromatic carbocycles. The number of allylic oxidation sites excluding steroid dienone is 1. The van der Waals surface area contributed by atoms with Crippen LogP contribution in [0.15, 0.2) is 83.0 Å². The summed E-state index contributed by atoms with van der Waals surface area (Å²) in [5.74, 6) is -0.615. The van der Waals surface area contributed by atoms with Crippen LogP contribution < -0.4 is 20.5 Å². The molecule has 0 amide bonds. The topological polar surface area (TPSA) is 120 Å². The number of halogens is 1. The van der Waals surface area contributed by atoms with E-state index in [0.717, 1.165) is 23.1 Å². The molecule has 1 aliphatic rings. The first-order valence-electron chi connectivity index (χ1n) is 11.5. The van der Waals surface area contributed by atoms with Crippen LogP contribution in [0.1, 0.15) is 36.9 Å². The van der Waals surface area contributed by atoms with Crippen LogP contribution in [0.2, 0.25) is 0 Å².